The van der Waals surface area contributed by atoms with Crippen LogP contribution in [0, 0.1) is 5.92 Å². The van der Waals surface area contributed by atoms with E-state index in [9.17, 15) is 0 Å². The first-order chi connectivity index (χ1) is 8.42. The van der Waals surface area contributed by atoms with Crippen molar-refractivity contribution in [1.82, 2.24) is 5.32 Å². The van der Waals surface area contributed by atoms with Crippen molar-refractivity contribution in [3.8, 4) is 5.75 Å². The first kappa shape index (κ1) is 10.9. The fourth-order valence-electron chi connectivity index (χ4n) is 2.64. The van der Waals surface area contributed by atoms with Gasteiger partial charge in [-0.05, 0) is 55.6 Å². The van der Waals surface area contributed by atoms with E-state index in [2.05, 4.69) is 28.8 Å². The lowest BCUT2D eigenvalue weighted by molar-refractivity contribution is 0.357. The highest BCUT2D eigenvalue weighted by Gasteiger charge is 2.14. The highest BCUT2D eigenvalue weighted by atomic mass is 16.5. The van der Waals surface area contributed by atoms with Gasteiger partial charge in [-0.3, -0.25) is 0 Å². The number of piperidine rings is 1. The molecule has 1 fully saturated rings. The van der Waals surface area contributed by atoms with E-state index in [1.807, 2.05) is 0 Å². The van der Waals surface area contributed by atoms with Gasteiger partial charge in [0.05, 0.1) is 6.61 Å². The van der Waals surface area contributed by atoms with Gasteiger partial charge in [-0.25, -0.2) is 0 Å². The summed E-state index contributed by atoms with van der Waals surface area (Å²) in [4.78, 5) is 0. The summed E-state index contributed by atoms with van der Waals surface area (Å²) in [5.74, 6) is 1.89. The lowest BCUT2D eigenvalue weighted by atomic mass is 9.98. The molecule has 92 valence electrons. The maximum atomic E-state index is 5.51. The molecule has 3 heteroatoms. The van der Waals surface area contributed by atoms with Crippen molar-refractivity contribution in [3.63, 3.8) is 0 Å². The number of hydrogen-bond donors (Lipinski definition) is 2. The van der Waals surface area contributed by atoms with Crippen LogP contribution in [0.25, 0.3) is 0 Å². The summed E-state index contributed by atoms with van der Waals surface area (Å²) in [6.45, 7) is 4.28. The zero-order valence-electron chi connectivity index (χ0n) is 10.2. The highest BCUT2D eigenvalue weighted by Crippen LogP contribution is 2.28. The predicted molar refractivity (Wildman–Crippen MR) is 69.7 cm³/mol. The summed E-state index contributed by atoms with van der Waals surface area (Å²) in [6.07, 6.45) is 3.64. The Bertz CT molecular complexity index is 386. The average molecular weight is 232 g/mol. The van der Waals surface area contributed by atoms with Gasteiger partial charge in [-0.2, -0.15) is 0 Å². The molecule has 2 N–H and O–H groups in total. The monoisotopic (exact) mass is 232 g/mol. The minimum atomic E-state index is 0.820. The minimum Gasteiger partial charge on any atom is -0.493 e. The van der Waals surface area contributed by atoms with E-state index in [-0.39, 0.29) is 0 Å². The summed E-state index contributed by atoms with van der Waals surface area (Å²) < 4.78 is 5.51. The molecule has 0 amide bonds. The van der Waals surface area contributed by atoms with Crippen molar-refractivity contribution in [2.24, 2.45) is 5.92 Å². The second kappa shape index (κ2) is 4.96. The van der Waals surface area contributed by atoms with Gasteiger partial charge in [0.2, 0.25) is 0 Å². The number of ether oxygens (including phenoxy) is 1. The van der Waals surface area contributed by atoms with Crippen LogP contribution in [0.5, 0.6) is 5.75 Å². The largest absolute Gasteiger partial charge is 0.493 e. The number of nitrogens with one attached hydrogen (secondary N) is 2. The molecule has 3 rings (SSSR count). The van der Waals surface area contributed by atoms with Crippen LogP contribution in [0.2, 0.25) is 0 Å². The first-order valence-corrected chi connectivity index (χ1v) is 6.62. The molecule has 1 saturated heterocycles. The molecule has 0 radical (unpaired) electrons. The van der Waals surface area contributed by atoms with Crippen molar-refractivity contribution in [3.05, 3.63) is 23.8 Å². The second-order valence-corrected chi connectivity index (χ2v) is 5.00. The minimum absolute atomic E-state index is 0.820. The van der Waals surface area contributed by atoms with E-state index in [0.29, 0.717) is 0 Å². The zero-order valence-corrected chi connectivity index (χ0v) is 10.2. The maximum absolute atomic E-state index is 5.51. The molecular formula is C14H20N2O. The lowest BCUT2D eigenvalue weighted by Crippen LogP contribution is -2.31. The normalized spacial score (nSPS) is 19.8. The molecule has 1 aromatic rings. The van der Waals surface area contributed by atoms with E-state index in [1.165, 1.54) is 37.2 Å². The Morgan fingerprint density at radius 1 is 1.29 bits per heavy atom. The van der Waals surface area contributed by atoms with E-state index < -0.39 is 0 Å². The number of hydrogen-bond acceptors (Lipinski definition) is 3. The molecule has 0 bridgehead atoms. The van der Waals surface area contributed by atoms with Crippen molar-refractivity contribution >= 4 is 5.69 Å². The third-order valence-electron chi connectivity index (χ3n) is 3.74. The van der Waals surface area contributed by atoms with Crippen LogP contribution in [0.3, 0.4) is 0 Å². The quantitative estimate of drug-likeness (QED) is 0.836. The standard InChI is InChI=1S/C14H20N2O/c1-2-14-12(5-8-17-14)9-13(1)16-10-11-3-6-15-7-4-11/h1-2,9,11,15-16H,3-8,10H2. The summed E-state index contributed by atoms with van der Waals surface area (Å²) >= 11 is 0. The maximum Gasteiger partial charge on any atom is 0.122 e. The molecule has 0 saturated carbocycles. The molecule has 0 unspecified atom stereocenters. The molecule has 0 aliphatic carbocycles. The van der Waals surface area contributed by atoms with Gasteiger partial charge in [-0.15, -0.1) is 0 Å². The van der Waals surface area contributed by atoms with E-state index in [4.69, 9.17) is 4.74 Å². The summed E-state index contributed by atoms with van der Waals surface area (Å²) in [5, 5.41) is 6.96. The van der Waals surface area contributed by atoms with Crippen LogP contribution in [0.4, 0.5) is 5.69 Å². The van der Waals surface area contributed by atoms with E-state index in [0.717, 1.165) is 31.2 Å². The fourth-order valence-corrected chi connectivity index (χ4v) is 2.64. The van der Waals surface area contributed by atoms with Crippen molar-refractivity contribution in [1.29, 1.82) is 0 Å². The van der Waals surface area contributed by atoms with Gasteiger partial charge in [0.1, 0.15) is 5.75 Å². The molecule has 3 nitrogen and oxygen atoms in total. The molecule has 0 atom stereocenters. The van der Waals surface area contributed by atoms with Crippen LogP contribution >= 0.6 is 0 Å². The second-order valence-electron chi connectivity index (χ2n) is 5.00. The third kappa shape index (κ3) is 2.55. The van der Waals surface area contributed by atoms with Crippen molar-refractivity contribution in [2.75, 3.05) is 31.6 Å². The molecule has 0 aromatic heterocycles. The summed E-state index contributed by atoms with van der Waals surface area (Å²) in [7, 11) is 0. The summed E-state index contributed by atoms with van der Waals surface area (Å²) in [6, 6.07) is 6.46. The van der Waals surface area contributed by atoms with Crippen LogP contribution in [0.15, 0.2) is 18.2 Å². The Balaban J connectivity index is 1.57. The van der Waals surface area contributed by atoms with Crippen LogP contribution < -0.4 is 15.4 Å². The average Bonchev–Trinajstić information content (AvgIpc) is 2.85. The van der Waals surface area contributed by atoms with Crippen molar-refractivity contribution in [2.45, 2.75) is 19.3 Å². The smallest absolute Gasteiger partial charge is 0.122 e. The molecular weight excluding hydrogens is 212 g/mol. The molecule has 2 aliphatic rings. The fraction of sp³-hybridized carbons (Fsp3) is 0.571. The molecule has 1 aromatic carbocycles. The number of anilines is 1. The van der Waals surface area contributed by atoms with Crippen molar-refractivity contribution < 1.29 is 4.74 Å². The topological polar surface area (TPSA) is 33.3 Å². The Morgan fingerprint density at radius 2 is 2.18 bits per heavy atom. The first-order valence-electron chi connectivity index (χ1n) is 6.62. The lowest BCUT2D eigenvalue weighted by Gasteiger charge is -2.23. The Morgan fingerprint density at radius 3 is 3.06 bits per heavy atom. The highest BCUT2D eigenvalue weighted by molar-refractivity contribution is 5.52. The van der Waals surface area contributed by atoms with Gasteiger partial charge in [0.25, 0.3) is 0 Å². The summed E-state index contributed by atoms with van der Waals surface area (Å²) in [5.41, 5.74) is 2.59. The van der Waals surface area contributed by atoms with Crippen LogP contribution in [0.1, 0.15) is 18.4 Å². The van der Waals surface area contributed by atoms with E-state index >= 15 is 0 Å². The Hall–Kier alpha value is -1.22. The number of fused-ring (bicyclic) bond motifs is 1. The van der Waals surface area contributed by atoms with Gasteiger partial charge < -0.3 is 15.4 Å². The molecule has 0 spiro atoms. The number of rotatable bonds is 3. The predicted octanol–water partition coefficient (Wildman–Crippen LogP) is 2.03. The molecule has 2 heterocycles. The molecule has 2 aliphatic heterocycles. The molecule has 17 heavy (non-hydrogen) atoms. The van der Waals surface area contributed by atoms with Gasteiger partial charge >= 0.3 is 0 Å². The van der Waals surface area contributed by atoms with E-state index in [1.54, 1.807) is 0 Å². The number of benzene rings is 1. The Labute approximate surface area is 103 Å². The van der Waals surface area contributed by atoms with Gasteiger partial charge in [-0.1, -0.05) is 0 Å². The van der Waals surface area contributed by atoms with Crippen LogP contribution in [-0.4, -0.2) is 26.2 Å². The van der Waals surface area contributed by atoms with Gasteiger partial charge in [0, 0.05) is 18.7 Å². The SMILES string of the molecule is c1cc2c(cc1NCC1CCNCC1)CCO2. The zero-order chi connectivity index (χ0) is 11.5. The third-order valence-corrected chi connectivity index (χ3v) is 3.74. The van der Waals surface area contributed by atoms with Crippen LogP contribution in [-0.2, 0) is 6.42 Å². The Kier molecular flexibility index (Phi) is 3.18. The van der Waals surface area contributed by atoms with Gasteiger partial charge in [0.15, 0.2) is 0 Å².